The normalized spacial score (nSPS) is 10.3. The van der Waals surface area contributed by atoms with Crippen molar-refractivity contribution in [1.82, 2.24) is 5.32 Å². The smallest absolute Gasteiger partial charge is 0.349 e. The van der Waals surface area contributed by atoms with Gasteiger partial charge in [0.25, 0.3) is 5.91 Å². The highest BCUT2D eigenvalue weighted by Crippen LogP contribution is 2.17. The summed E-state index contributed by atoms with van der Waals surface area (Å²) in [5.74, 6) is 0.143. The molecule has 5 heteroatoms. The molecule has 29 heavy (non-hydrogen) atoms. The monoisotopic (exact) mass is 389 g/mol. The lowest BCUT2D eigenvalue weighted by molar-refractivity contribution is -0.136. The number of rotatable bonds is 7. The first-order valence-electron chi connectivity index (χ1n) is 9.33. The predicted octanol–water partition coefficient (Wildman–Crippen LogP) is 4.22. The number of carbonyl (C=O) groups is 2. The largest absolute Gasteiger partial charge is 0.482 e. The lowest BCUT2D eigenvalue weighted by atomic mass is 10.1. The highest BCUT2D eigenvalue weighted by molar-refractivity contribution is 5.94. The summed E-state index contributed by atoms with van der Waals surface area (Å²) in [5.41, 5.74) is 3.54. The molecule has 3 aromatic carbocycles. The summed E-state index contributed by atoms with van der Waals surface area (Å²) in [6.07, 6.45) is 0. The number of amides is 1. The van der Waals surface area contributed by atoms with E-state index in [1.165, 1.54) is 6.07 Å². The van der Waals surface area contributed by atoms with Crippen LogP contribution in [0.2, 0.25) is 0 Å². The standard InChI is InChI=1S/C24H23NO4/c1-17-11-18(2)13-22(12-17)28-16-23(26)29-21-10-6-9-20(14-21)24(27)25-15-19-7-4-3-5-8-19/h3-14H,15-16H2,1-2H3,(H,25,27). The van der Waals surface area contributed by atoms with Crippen molar-refractivity contribution in [2.75, 3.05) is 6.61 Å². The fourth-order valence-electron chi connectivity index (χ4n) is 2.90. The van der Waals surface area contributed by atoms with Gasteiger partial charge in [0.2, 0.25) is 0 Å². The van der Waals surface area contributed by atoms with Crippen molar-refractivity contribution in [3.63, 3.8) is 0 Å². The second-order valence-electron chi connectivity index (χ2n) is 6.78. The minimum Gasteiger partial charge on any atom is -0.482 e. The molecule has 0 saturated heterocycles. The highest BCUT2D eigenvalue weighted by Gasteiger charge is 2.10. The SMILES string of the molecule is Cc1cc(C)cc(OCC(=O)Oc2cccc(C(=O)NCc3ccccc3)c2)c1. The number of hydrogen-bond acceptors (Lipinski definition) is 4. The van der Waals surface area contributed by atoms with Gasteiger partial charge >= 0.3 is 5.97 Å². The van der Waals surface area contributed by atoms with Gasteiger partial charge in [-0.15, -0.1) is 0 Å². The van der Waals surface area contributed by atoms with Gasteiger partial charge in [-0.3, -0.25) is 4.79 Å². The molecule has 3 aromatic rings. The van der Waals surface area contributed by atoms with Crippen LogP contribution in [0.4, 0.5) is 0 Å². The van der Waals surface area contributed by atoms with Gasteiger partial charge in [0.15, 0.2) is 6.61 Å². The number of carbonyl (C=O) groups excluding carboxylic acids is 2. The summed E-state index contributed by atoms with van der Waals surface area (Å²) in [6.45, 7) is 4.14. The minimum absolute atomic E-state index is 0.215. The van der Waals surface area contributed by atoms with Gasteiger partial charge in [0.1, 0.15) is 11.5 Å². The molecule has 1 N–H and O–H groups in total. The van der Waals surface area contributed by atoms with Crippen LogP contribution in [-0.4, -0.2) is 18.5 Å². The van der Waals surface area contributed by atoms with Crippen LogP contribution in [-0.2, 0) is 11.3 Å². The zero-order chi connectivity index (χ0) is 20.6. The topological polar surface area (TPSA) is 64.6 Å². The second-order valence-corrected chi connectivity index (χ2v) is 6.78. The first kappa shape index (κ1) is 20.1. The van der Waals surface area contributed by atoms with E-state index >= 15 is 0 Å². The molecule has 0 unspecified atom stereocenters. The van der Waals surface area contributed by atoms with Gasteiger partial charge < -0.3 is 14.8 Å². The third-order valence-corrected chi connectivity index (χ3v) is 4.18. The molecular weight excluding hydrogens is 366 g/mol. The van der Waals surface area contributed by atoms with E-state index in [1.807, 2.05) is 62.4 Å². The van der Waals surface area contributed by atoms with Crippen LogP contribution in [0.25, 0.3) is 0 Å². The number of nitrogens with one attached hydrogen (secondary N) is 1. The van der Waals surface area contributed by atoms with Crippen LogP contribution in [0.1, 0.15) is 27.0 Å². The molecule has 148 valence electrons. The first-order chi connectivity index (χ1) is 14.0. The molecule has 0 heterocycles. The first-order valence-corrected chi connectivity index (χ1v) is 9.33. The summed E-state index contributed by atoms with van der Waals surface area (Å²) in [6, 6.07) is 21.9. The van der Waals surface area contributed by atoms with Crippen LogP contribution >= 0.6 is 0 Å². The fraction of sp³-hybridized carbons (Fsp3) is 0.167. The Morgan fingerprint density at radius 3 is 2.28 bits per heavy atom. The molecule has 1 amide bonds. The quantitative estimate of drug-likeness (QED) is 0.485. The van der Waals surface area contributed by atoms with Gasteiger partial charge in [-0.2, -0.15) is 0 Å². The third-order valence-electron chi connectivity index (χ3n) is 4.18. The van der Waals surface area contributed by atoms with Crippen molar-refractivity contribution < 1.29 is 19.1 Å². The summed E-state index contributed by atoms with van der Waals surface area (Å²) in [7, 11) is 0. The number of benzene rings is 3. The van der Waals surface area contributed by atoms with Crippen LogP contribution in [0.3, 0.4) is 0 Å². The Labute approximate surface area is 170 Å². The van der Waals surface area contributed by atoms with Crippen molar-refractivity contribution in [2.24, 2.45) is 0 Å². The van der Waals surface area contributed by atoms with Crippen molar-refractivity contribution in [3.05, 3.63) is 95.1 Å². The van der Waals surface area contributed by atoms with Gasteiger partial charge in [-0.1, -0.05) is 42.5 Å². The van der Waals surface area contributed by atoms with E-state index in [0.29, 0.717) is 23.6 Å². The van der Waals surface area contributed by atoms with Gasteiger partial charge in [-0.25, -0.2) is 4.79 Å². The number of esters is 1. The summed E-state index contributed by atoms with van der Waals surface area (Å²) in [5, 5.41) is 2.85. The number of aryl methyl sites for hydroxylation is 2. The maximum Gasteiger partial charge on any atom is 0.349 e. The second kappa shape index (κ2) is 9.55. The van der Waals surface area contributed by atoms with E-state index in [1.54, 1.807) is 18.2 Å². The number of ether oxygens (including phenoxy) is 2. The maximum absolute atomic E-state index is 12.4. The van der Waals surface area contributed by atoms with Crippen molar-refractivity contribution in [1.29, 1.82) is 0 Å². The Bertz CT molecular complexity index is 979. The average Bonchev–Trinajstić information content (AvgIpc) is 2.71. The van der Waals surface area contributed by atoms with Crippen LogP contribution < -0.4 is 14.8 Å². The van der Waals surface area contributed by atoms with Crippen LogP contribution in [0.15, 0.2) is 72.8 Å². The summed E-state index contributed by atoms with van der Waals surface area (Å²) in [4.78, 5) is 24.5. The Hall–Kier alpha value is -3.60. The predicted molar refractivity (Wildman–Crippen MR) is 111 cm³/mol. The van der Waals surface area contributed by atoms with E-state index in [0.717, 1.165) is 16.7 Å². The highest BCUT2D eigenvalue weighted by atomic mass is 16.6. The van der Waals surface area contributed by atoms with E-state index in [4.69, 9.17) is 9.47 Å². The molecule has 0 aliphatic rings. The molecule has 0 radical (unpaired) electrons. The molecule has 0 bridgehead atoms. The van der Waals surface area contributed by atoms with Gasteiger partial charge in [-0.05, 0) is 60.9 Å². The Balaban J connectivity index is 1.54. The molecule has 0 saturated carbocycles. The lowest BCUT2D eigenvalue weighted by Gasteiger charge is -2.10. The molecule has 0 aliphatic heterocycles. The Kier molecular flexibility index (Phi) is 6.63. The van der Waals surface area contributed by atoms with E-state index < -0.39 is 5.97 Å². The van der Waals surface area contributed by atoms with E-state index in [2.05, 4.69) is 5.32 Å². The van der Waals surface area contributed by atoms with Crippen molar-refractivity contribution in [3.8, 4) is 11.5 Å². The molecule has 5 nitrogen and oxygen atoms in total. The number of hydrogen-bond donors (Lipinski definition) is 1. The van der Waals surface area contributed by atoms with E-state index in [-0.39, 0.29) is 12.5 Å². The molecule has 0 spiro atoms. The zero-order valence-corrected chi connectivity index (χ0v) is 16.5. The fourth-order valence-corrected chi connectivity index (χ4v) is 2.90. The summed E-state index contributed by atoms with van der Waals surface area (Å²) < 4.78 is 10.8. The average molecular weight is 389 g/mol. The van der Waals surface area contributed by atoms with Gasteiger partial charge in [0.05, 0.1) is 0 Å². The molecule has 0 fully saturated rings. The maximum atomic E-state index is 12.4. The van der Waals surface area contributed by atoms with Crippen LogP contribution in [0.5, 0.6) is 11.5 Å². The molecule has 3 rings (SSSR count). The summed E-state index contributed by atoms with van der Waals surface area (Å²) >= 11 is 0. The molecule has 0 aromatic heterocycles. The van der Waals surface area contributed by atoms with E-state index in [9.17, 15) is 9.59 Å². The lowest BCUT2D eigenvalue weighted by Crippen LogP contribution is -2.23. The van der Waals surface area contributed by atoms with Gasteiger partial charge in [0, 0.05) is 12.1 Å². The third kappa shape index (κ3) is 6.21. The minimum atomic E-state index is -0.536. The zero-order valence-electron chi connectivity index (χ0n) is 16.5. The van der Waals surface area contributed by atoms with Crippen molar-refractivity contribution in [2.45, 2.75) is 20.4 Å². The molecule has 0 atom stereocenters. The molecule has 0 aliphatic carbocycles. The molecular formula is C24H23NO4. The Morgan fingerprint density at radius 1 is 0.828 bits per heavy atom. The van der Waals surface area contributed by atoms with Crippen molar-refractivity contribution >= 4 is 11.9 Å². The van der Waals surface area contributed by atoms with Crippen LogP contribution in [0, 0.1) is 13.8 Å². The Morgan fingerprint density at radius 2 is 1.55 bits per heavy atom.